The van der Waals surface area contributed by atoms with Crippen LogP contribution >= 0.6 is 11.3 Å². The van der Waals surface area contributed by atoms with Gasteiger partial charge >= 0.3 is 0 Å². The molecule has 0 aliphatic carbocycles. The van der Waals surface area contributed by atoms with Gasteiger partial charge in [-0.15, -0.1) is 11.3 Å². The first-order valence-corrected chi connectivity index (χ1v) is 20.9. The summed E-state index contributed by atoms with van der Waals surface area (Å²) in [6.45, 7) is 5.90. The fourth-order valence-electron chi connectivity index (χ4n) is 8.19. The third kappa shape index (κ3) is 6.91. The van der Waals surface area contributed by atoms with E-state index in [1.165, 1.54) is 20.2 Å². The molecule has 0 unspecified atom stereocenters. The molecule has 0 radical (unpaired) electrons. The fourth-order valence-corrected chi connectivity index (χ4v) is 9.26. The van der Waals surface area contributed by atoms with E-state index in [2.05, 4.69) is 228 Å². The van der Waals surface area contributed by atoms with Gasteiger partial charge in [-0.1, -0.05) is 104 Å². The van der Waals surface area contributed by atoms with E-state index in [0.717, 1.165) is 73.5 Å². The predicted molar refractivity (Wildman–Crippen MR) is 257 cm³/mol. The third-order valence-electron chi connectivity index (χ3n) is 10.9. The number of hydrogen-bond acceptors (Lipinski definition) is 5. The first-order chi connectivity index (χ1) is 29.6. The Morgan fingerprint density at radius 3 is 1.25 bits per heavy atom. The van der Waals surface area contributed by atoms with Crippen LogP contribution in [0.3, 0.4) is 0 Å². The predicted octanol–water partition coefficient (Wildman–Crippen LogP) is 16.7. The van der Waals surface area contributed by atoms with Crippen molar-refractivity contribution in [3.63, 3.8) is 0 Å². The van der Waals surface area contributed by atoms with Gasteiger partial charge in [0.1, 0.15) is 11.3 Å². The number of aryl methyl sites for hydroxylation is 1. The van der Waals surface area contributed by atoms with E-state index in [9.17, 15) is 0 Å². The first-order valence-electron chi connectivity index (χ1n) is 20.1. The Balaban J connectivity index is 1.11. The summed E-state index contributed by atoms with van der Waals surface area (Å²) < 4.78 is 8.67. The minimum absolute atomic E-state index is 0.862. The van der Waals surface area contributed by atoms with Gasteiger partial charge in [0.05, 0.1) is 0 Å². The molecule has 0 fully saturated rings. The van der Waals surface area contributed by atoms with Crippen molar-refractivity contribution in [3.8, 4) is 0 Å². The van der Waals surface area contributed by atoms with E-state index in [0.29, 0.717) is 0 Å². The highest BCUT2D eigenvalue weighted by Crippen LogP contribution is 2.45. The van der Waals surface area contributed by atoms with Crippen LogP contribution in [0, 0.1) is 6.92 Å². The van der Waals surface area contributed by atoms with E-state index in [1.807, 2.05) is 24.3 Å². The number of para-hydroxylation sites is 4. The summed E-state index contributed by atoms with van der Waals surface area (Å²) in [4.78, 5) is 7.01. The Kier molecular flexibility index (Phi) is 9.78. The Labute approximate surface area is 354 Å². The zero-order valence-electron chi connectivity index (χ0n) is 33.1. The lowest BCUT2D eigenvalue weighted by Gasteiger charge is -2.29. The molecular formula is C55H41N3OS. The maximum absolute atomic E-state index is 6.18. The van der Waals surface area contributed by atoms with E-state index in [-0.39, 0.29) is 0 Å². The molecule has 0 saturated heterocycles. The highest BCUT2D eigenvalue weighted by Gasteiger charge is 2.20. The number of furan rings is 1. The molecule has 2 heterocycles. The number of hydrogen-bond donors (Lipinski definition) is 0. The van der Waals surface area contributed by atoms with Crippen molar-refractivity contribution in [2.75, 3.05) is 14.7 Å². The smallest absolute Gasteiger partial charge is 0.135 e. The van der Waals surface area contributed by atoms with Crippen molar-refractivity contribution >= 4 is 99.7 Å². The van der Waals surface area contributed by atoms with Crippen LogP contribution in [0.2, 0.25) is 0 Å². The van der Waals surface area contributed by atoms with E-state index >= 15 is 0 Å². The summed E-state index contributed by atoms with van der Waals surface area (Å²) in [7, 11) is 0. The van der Waals surface area contributed by atoms with Crippen molar-refractivity contribution in [3.05, 3.63) is 230 Å². The molecule has 8 aromatic carbocycles. The van der Waals surface area contributed by atoms with E-state index in [1.54, 1.807) is 6.08 Å². The summed E-state index contributed by atoms with van der Waals surface area (Å²) in [5, 5.41) is 3.50. The van der Waals surface area contributed by atoms with Crippen LogP contribution in [0.1, 0.15) is 11.3 Å². The molecule has 0 spiro atoms. The largest absolute Gasteiger partial charge is 0.461 e. The van der Waals surface area contributed by atoms with Crippen LogP contribution < -0.4 is 14.7 Å². The highest BCUT2D eigenvalue weighted by molar-refractivity contribution is 7.25. The second-order valence-corrected chi connectivity index (χ2v) is 15.8. The molecule has 0 N–H and O–H groups in total. The van der Waals surface area contributed by atoms with Crippen LogP contribution in [0.15, 0.2) is 223 Å². The fraction of sp³-hybridized carbons (Fsp3) is 0.0182. The molecule has 0 atom stereocenters. The lowest BCUT2D eigenvalue weighted by molar-refractivity contribution is 0.577. The van der Waals surface area contributed by atoms with Gasteiger partial charge in [0.15, 0.2) is 0 Å². The Bertz CT molecular complexity index is 3100. The Morgan fingerprint density at radius 2 is 0.800 bits per heavy atom. The second-order valence-electron chi connectivity index (χ2n) is 14.7. The SMILES string of the molecule is C=C/C=C\c1c(C)oc2ccc(N(c3ccccc3)c3ccc4sc5ccc(N(c6ccccc6)c6cccc(N(c7ccccc7)c7ccccc7)c6)cc5c4c3)cc12. The molecule has 0 saturated carbocycles. The molecule has 0 aliphatic heterocycles. The van der Waals surface area contributed by atoms with Gasteiger partial charge < -0.3 is 19.1 Å². The van der Waals surface area contributed by atoms with Crippen molar-refractivity contribution in [1.29, 1.82) is 0 Å². The average Bonchev–Trinajstić information content (AvgIpc) is 3.82. The van der Waals surface area contributed by atoms with Gasteiger partial charge in [0.25, 0.3) is 0 Å². The topological polar surface area (TPSA) is 22.9 Å². The minimum Gasteiger partial charge on any atom is -0.461 e. The standard InChI is InChI=1S/C55H41N3OS/c1-3-4-28-49-39(2)59-53-32-29-46(36-50(49)53)58(43-24-15-8-16-25-43)48-31-34-55-52(38-48)51-37-47(30-33-54(51)60-55)57(42-22-13-7-14-23-42)45-27-17-26-44(35-45)56(40-18-9-5-10-19-40)41-20-11-6-12-21-41/h3-38H,1H2,2H3/b28-4-. The Morgan fingerprint density at radius 1 is 0.417 bits per heavy atom. The lowest BCUT2D eigenvalue weighted by atomic mass is 10.1. The van der Waals surface area contributed by atoms with Gasteiger partial charge in [-0.25, -0.2) is 0 Å². The van der Waals surface area contributed by atoms with Crippen LogP contribution in [-0.2, 0) is 0 Å². The molecule has 4 nitrogen and oxygen atoms in total. The molecule has 0 bridgehead atoms. The summed E-state index contributed by atoms with van der Waals surface area (Å²) >= 11 is 1.83. The van der Waals surface area contributed by atoms with Crippen LogP contribution in [0.4, 0.5) is 51.2 Å². The van der Waals surface area contributed by atoms with Gasteiger partial charge in [0.2, 0.25) is 0 Å². The molecule has 10 rings (SSSR count). The third-order valence-corrected chi connectivity index (χ3v) is 12.1. The molecule has 288 valence electrons. The molecule has 0 amide bonds. The molecule has 2 aromatic heterocycles. The zero-order chi connectivity index (χ0) is 40.4. The van der Waals surface area contributed by atoms with Crippen molar-refractivity contribution in [1.82, 2.24) is 0 Å². The molecule has 5 heteroatoms. The number of anilines is 9. The maximum atomic E-state index is 6.18. The van der Waals surface area contributed by atoms with Gasteiger partial charge in [-0.3, -0.25) is 0 Å². The normalized spacial score (nSPS) is 11.4. The van der Waals surface area contributed by atoms with Crippen LogP contribution in [0.5, 0.6) is 0 Å². The highest BCUT2D eigenvalue weighted by atomic mass is 32.1. The number of thiophene rings is 1. The van der Waals surface area contributed by atoms with E-state index < -0.39 is 0 Å². The summed E-state index contributed by atoms with van der Waals surface area (Å²) in [5.74, 6) is 0.884. The number of rotatable bonds is 11. The Hall–Kier alpha value is -7.60. The molecule has 0 aliphatic rings. The van der Waals surface area contributed by atoms with Crippen LogP contribution in [0.25, 0.3) is 37.2 Å². The quantitative estimate of drug-likeness (QED) is 0.122. The summed E-state index contributed by atoms with van der Waals surface area (Å²) in [6, 6.07) is 71.4. The van der Waals surface area contributed by atoms with Crippen LogP contribution in [-0.4, -0.2) is 0 Å². The summed E-state index contributed by atoms with van der Waals surface area (Å²) in [6.07, 6.45) is 5.83. The van der Waals surface area contributed by atoms with Crippen molar-refractivity contribution in [2.45, 2.75) is 6.92 Å². The minimum atomic E-state index is 0.862. The summed E-state index contributed by atoms with van der Waals surface area (Å²) in [5.41, 5.74) is 11.7. The monoisotopic (exact) mass is 791 g/mol. The number of allylic oxidation sites excluding steroid dienone is 2. The molecule has 10 aromatic rings. The molecule has 60 heavy (non-hydrogen) atoms. The van der Waals surface area contributed by atoms with E-state index in [4.69, 9.17) is 4.42 Å². The first kappa shape index (κ1) is 36.7. The van der Waals surface area contributed by atoms with Gasteiger partial charge in [-0.05, 0) is 128 Å². The number of nitrogens with zero attached hydrogens (tertiary/aromatic N) is 3. The second kappa shape index (κ2) is 16.0. The van der Waals surface area contributed by atoms with Gasteiger partial charge in [-0.2, -0.15) is 0 Å². The zero-order valence-corrected chi connectivity index (χ0v) is 34.0. The van der Waals surface area contributed by atoms with Crippen molar-refractivity contribution < 1.29 is 4.42 Å². The number of benzene rings is 8. The number of fused-ring (bicyclic) bond motifs is 4. The molecular weight excluding hydrogens is 751 g/mol. The lowest BCUT2D eigenvalue weighted by Crippen LogP contribution is -2.13. The average molecular weight is 792 g/mol. The maximum Gasteiger partial charge on any atom is 0.135 e. The van der Waals surface area contributed by atoms with Gasteiger partial charge in [0, 0.05) is 82.3 Å². The van der Waals surface area contributed by atoms with Crippen molar-refractivity contribution in [2.24, 2.45) is 0 Å².